The highest BCUT2D eigenvalue weighted by Crippen LogP contribution is 2.64. The molecule has 1 spiro atoms. The lowest BCUT2D eigenvalue weighted by atomic mass is 9.69. The Bertz CT molecular complexity index is 8620. The van der Waals surface area contributed by atoms with E-state index in [-0.39, 0.29) is 46.0 Å². The molecular weight excluding hydrogens is 1840 g/mol. The lowest BCUT2D eigenvalue weighted by Crippen LogP contribution is -2.26. The van der Waals surface area contributed by atoms with Crippen molar-refractivity contribution in [3.63, 3.8) is 0 Å². The summed E-state index contributed by atoms with van der Waals surface area (Å²) in [5.41, 5.74) is 28.4. The molecule has 692 valence electrons. The van der Waals surface area contributed by atoms with E-state index in [9.17, 15) is 40.9 Å². The van der Waals surface area contributed by atoms with Crippen LogP contribution in [-0.4, -0.2) is 73.1 Å². The van der Waals surface area contributed by atoms with E-state index in [2.05, 4.69) is 220 Å². The van der Waals surface area contributed by atoms with Gasteiger partial charge in [0.2, 0.25) is 0 Å². The summed E-state index contributed by atoms with van der Waals surface area (Å²) >= 11 is 0. The number of hydrogen-bond acceptors (Lipinski definition) is 8. The van der Waals surface area contributed by atoms with Crippen molar-refractivity contribution in [2.75, 3.05) is 0 Å². The van der Waals surface area contributed by atoms with Crippen LogP contribution >= 0.6 is 0 Å². The van der Waals surface area contributed by atoms with Crippen LogP contribution in [0.15, 0.2) is 315 Å². The third-order valence-corrected chi connectivity index (χ3v) is 30.6. The van der Waals surface area contributed by atoms with Crippen molar-refractivity contribution in [1.82, 2.24) is 0 Å². The Kier molecular flexibility index (Phi) is 22.6. The highest BCUT2D eigenvalue weighted by Gasteiger charge is 2.52. The van der Waals surface area contributed by atoms with Crippen LogP contribution in [0.3, 0.4) is 0 Å². The van der Waals surface area contributed by atoms with Gasteiger partial charge in [-0.15, -0.1) is 22.2 Å². The molecule has 0 atom stereocenters. The van der Waals surface area contributed by atoms with Gasteiger partial charge in [0.05, 0.1) is 49.9 Å². The Morgan fingerprint density at radius 2 is 0.310 bits per heavy atom. The Balaban J connectivity index is 0.787. The van der Waals surface area contributed by atoms with E-state index in [1.807, 2.05) is 267 Å². The summed E-state index contributed by atoms with van der Waals surface area (Å²) in [4.78, 5) is 0. The van der Waals surface area contributed by atoms with Crippen molar-refractivity contribution in [1.29, 1.82) is 0 Å². The van der Waals surface area contributed by atoms with E-state index in [1.54, 1.807) is 0 Å². The SMILES string of the molecule is C[Si](C)(C)C#Cc1cc2ccccc2c(-c2c(O)c(C#Cc3ccc4c(c3)C3(c5cc(C#Cc6cc7ccccc7c(-c7c(O)c(C#C[Si](C)(C)C)cc8ccccc78)c6O)ccc5-4)c4cc(C#Cc5cc6ccccc6c(-c6c(O)c(C#C[Si](C)(C)C)cc7ccccc67)c5O)ccc4-c4ccc(C#Cc5cc6ccccc6c(-c6c(O)c(C#C[Si](C)(C)C)cc7ccccc67)c5O)cc43)cc3ccccc23)c1O. The van der Waals surface area contributed by atoms with Crippen LogP contribution in [0.5, 0.6) is 46.0 Å². The van der Waals surface area contributed by atoms with E-state index in [0.29, 0.717) is 133 Å². The molecule has 0 aliphatic heterocycles. The van der Waals surface area contributed by atoms with Crippen molar-refractivity contribution < 1.29 is 40.9 Å². The summed E-state index contributed by atoms with van der Waals surface area (Å²) in [5, 5.41) is 116. The number of phenolic OH excluding ortho intramolecular Hbond substituents is 8. The molecule has 0 unspecified atom stereocenters. The topological polar surface area (TPSA) is 162 Å². The van der Waals surface area contributed by atoms with Gasteiger partial charge in [-0.05, 0) is 228 Å². The molecule has 2 aliphatic carbocycles. The van der Waals surface area contributed by atoms with Crippen LogP contribution in [0.2, 0.25) is 78.6 Å². The van der Waals surface area contributed by atoms with E-state index >= 15 is 0 Å². The van der Waals surface area contributed by atoms with E-state index in [0.717, 1.165) is 109 Å². The summed E-state index contributed by atoms with van der Waals surface area (Å²) in [5.74, 6) is 41.2. The summed E-state index contributed by atoms with van der Waals surface area (Å²) < 4.78 is 0. The number of phenols is 8. The smallest absolute Gasteiger partial charge is 0.139 e. The number of benzene rings is 20. The zero-order chi connectivity index (χ0) is 101. The van der Waals surface area contributed by atoms with Crippen LogP contribution in [0, 0.1) is 93.2 Å². The van der Waals surface area contributed by atoms with Crippen molar-refractivity contribution in [3.05, 3.63) is 404 Å². The molecule has 8 nitrogen and oxygen atoms in total. The Morgan fingerprint density at radius 3 is 0.462 bits per heavy atom. The average molecular weight is 1930 g/mol. The second-order valence-electron chi connectivity index (χ2n) is 41.7. The van der Waals surface area contributed by atoms with E-state index in [1.165, 1.54) is 0 Å². The normalized spacial score (nSPS) is 12.1. The van der Waals surface area contributed by atoms with Crippen LogP contribution < -0.4 is 0 Å². The van der Waals surface area contributed by atoms with Gasteiger partial charge < -0.3 is 40.9 Å². The molecule has 8 N–H and O–H groups in total. The maximum Gasteiger partial charge on any atom is 0.139 e. The highest BCUT2D eigenvalue weighted by molar-refractivity contribution is 6.85. The van der Waals surface area contributed by atoms with Gasteiger partial charge in [0, 0.05) is 66.8 Å². The molecule has 0 amide bonds. The third kappa shape index (κ3) is 16.6. The van der Waals surface area contributed by atoms with Gasteiger partial charge in [0.1, 0.15) is 78.3 Å². The molecule has 22 rings (SSSR count). The molecular formula is C133H96O8Si4. The van der Waals surface area contributed by atoms with Crippen molar-refractivity contribution >= 4 is 118 Å². The molecule has 20 aromatic carbocycles. The molecule has 0 aromatic heterocycles. The molecule has 2 aliphatic rings. The minimum absolute atomic E-state index is 0.0438. The zero-order valence-corrected chi connectivity index (χ0v) is 86.1. The molecule has 0 saturated heterocycles. The molecule has 0 heterocycles. The number of rotatable bonds is 4. The van der Waals surface area contributed by atoms with Gasteiger partial charge in [-0.1, -0.05) is 368 Å². The zero-order valence-electron chi connectivity index (χ0n) is 82.1. The summed E-state index contributed by atoms with van der Waals surface area (Å²) in [6.07, 6.45) is 0. The van der Waals surface area contributed by atoms with Gasteiger partial charge >= 0.3 is 0 Å². The molecule has 0 fully saturated rings. The fourth-order valence-electron chi connectivity index (χ4n) is 20.6. The predicted octanol–water partition coefficient (Wildman–Crippen LogP) is 30.1. The first kappa shape index (κ1) is 92.3. The monoisotopic (exact) mass is 1930 g/mol. The summed E-state index contributed by atoms with van der Waals surface area (Å²) in [7, 11) is -7.85. The first-order chi connectivity index (χ1) is 69.7. The van der Waals surface area contributed by atoms with Gasteiger partial charge in [0.15, 0.2) is 0 Å². The van der Waals surface area contributed by atoms with Gasteiger partial charge in [0.25, 0.3) is 0 Å². The largest absolute Gasteiger partial charge is 0.506 e. The minimum atomic E-state index is -1.96. The van der Waals surface area contributed by atoms with Crippen LogP contribution in [0.1, 0.15) is 89.0 Å². The van der Waals surface area contributed by atoms with Crippen LogP contribution in [0.4, 0.5) is 0 Å². The predicted molar refractivity (Wildman–Crippen MR) is 608 cm³/mol. The minimum Gasteiger partial charge on any atom is -0.506 e. The summed E-state index contributed by atoms with van der Waals surface area (Å²) in [6, 6.07) is 103. The maximum atomic E-state index is 13.3. The molecule has 0 saturated carbocycles. The molecule has 0 radical (unpaired) electrons. The first-order valence-corrected chi connectivity index (χ1v) is 62.5. The highest BCUT2D eigenvalue weighted by atomic mass is 28.3. The lowest BCUT2D eigenvalue weighted by molar-refractivity contribution is 0.468. The molecule has 145 heavy (non-hydrogen) atoms. The van der Waals surface area contributed by atoms with Crippen molar-refractivity contribution in [2.45, 2.75) is 84.0 Å². The second kappa shape index (κ2) is 35.5. The Morgan fingerprint density at radius 1 is 0.166 bits per heavy atom. The average Bonchev–Trinajstić information content (AvgIpc) is 1.50. The fourth-order valence-corrected chi connectivity index (χ4v) is 22.6. The van der Waals surface area contributed by atoms with E-state index in [4.69, 9.17) is 0 Å². The number of hydrogen-bond donors (Lipinski definition) is 8. The molecule has 0 bridgehead atoms. The van der Waals surface area contributed by atoms with E-state index < -0.39 is 37.7 Å². The second-order valence-corrected chi connectivity index (χ2v) is 60.7. The van der Waals surface area contributed by atoms with Gasteiger partial charge in [-0.2, -0.15) is 0 Å². The Labute approximate surface area is 847 Å². The quantitative estimate of drug-likeness (QED) is 0.0638. The third-order valence-electron chi connectivity index (χ3n) is 27.1. The van der Waals surface area contributed by atoms with Gasteiger partial charge in [-0.3, -0.25) is 0 Å². The van der Waals surface area contributed by atoms with Crippen molar-refractivity contribution in [2.24, 2.45) is 0 Å². The van der Waals surface area contributed by atoms with Crippen LogP contribution in [-0.2, 0) is 5.41 Å². The fraction of sp³-hybridized carbons (Fsp3) is 0.0977. The lowest BCUT2D eigenvalue weighted by Gasteiger charge is -2.31. The van der Waals surface area contributed by atoms with Crippen LogP contribution in [0.25, 0.3) is 153 Å². The Hall–Kier alpha value is -17.8. The summed E-state index contributed by atoms with van der Waals surface area (Å²) in [6.45, 7) is 25.9. The number of fused-ring (bicyclic) bond motifs is 18. The van der Waals surface area contributed by atoms with Gasteiger partial charge in [-0.25, -0.2) is 0 Å². The maximum absolute atomic E-state index is 13.3. The molecule has 20 aromatic rings. The molecule has 12 heteroatoms. The number of aromatic hydroxyl groups is 8. The van der Waals surface area contributed by atoms with Crippen molar-refractivity contribution in [3.8, 4) is 206 Å². The first-order valence-electron chi connectivity index (χ1n) is 48.5. The standard InChI is InChI=1S/C133H96O8Si4/c1-142(2,3)65-61-97-77-89-33-17-25-41-105(89)121(129(97)138)117-101-37-21-13-29-85(101)73-93(125(117)134)53-45-81-49-57-109-110-58-50-82(46-54-94-74-86-30-14-22-38-102(86)118(126(94)135)122-106-42-26-18-34-90(106)78-98(130(122)139)62-66-143(4,5)6)70-114(110)133(113(109)69-81)115-71-83(47-55-95-75-87-31-15-23-39-103(87)119(127(95)136)123-107-43-27-19-35-91(107)79-99(131(123)140)63-67-144(7,8)9)51-59-111(115)112-60-52-84(72-116(112)133)48-56-96-76-88-32-16-24-40-104(88)120(128(96)137)124-108-44-28-20-36-92(108)80-100(132(124)141)64-68-145(10,11)12/h13-44,49-52,57-60,69-80,134-141H,1-12H3.